The van der Waals surface area contributed by atoms with Crippen molar-refractivity contribution in [1.82, 2.24) is 0 Å². The molecule has 1 aromatic carbocycles. The van der Waals surface area contributed by atoms with Gasteiger partial charge >= 0.3 is 0 Å². The van der Waals surface area contributed by atoms with E-state index in [1.165, 1.54) is 14.2 Å². The molecule has 0 heterocycles. The Balaban J connectivity index is 3.02. The van der Waals surface area contributed by atoms with Crippen LogP contribution in [0, 0.1) is 0 Å². The van der Waals surface area contributed by atoms with Crippen molar-refractivity contribution < 1.29 is 23.0 Å². The van der Waals surface area contributed by atoms with Gasteiger partial charge in [-0.3, -0.25) is 0 Å². The van der Waals surface area contributed by atoms with E-state index < -0.39 is 15.3 Å². The normalized spacial score (nSPS) is 13.1. The first-order valence-electron chi connectivity index (χ1n) is 5.75. The Bertz CT molecular complexity index is 515. The van der Waals surface area contributed by atoms with Crippen LogP contribution in [0.25, 0.3) is 0 Å². The molecule has 0 amide bonds. The zero-order valence-electron chi connectivity index (χ0n) is 11.0. The number of hydrogen-bond donors (Lipinski definition) is 2. The molecule has 1 aromatic rings. The predicted octanol–water partition coefficient (Wildman–Crippen LogP) is 0.286. The lowest BCUT2D eigenvalue weighted by molar-refractivity contribution is 0.284. The summed E-state index contributed by atoms with van der Waals surface area (Å²) in [6.45, 7) is -0.237. The number of nitrogens with two attached hydrogens (primary N) is 1. The molecule has 19 heavy (non-hydrogen) atoms. The van der Waals surface area contributed by atoms with Gasteiger partial charge in [0.25, 0.3) is 0 Å². The monoisotopic (exact) mass is 289 g/mol. The molecule has 7 heteroatoms. The average Bonchev–Trinajstić information content (AvgIpc) is 2.37. The molecule has 3 N–H and O–H groups in total. The number of aliphatic hydroxyl groups is 1. The molecule has 1 atom stereocenters. The smallest absolute Gasteiger partial charge is 0.212 e. The van der Waals surface area contributed by atoms with E-state index >= 15 is 0 Å². The molecule has 1 rings (SSSR count). The van der Waals surface area contributed by atoms with Crippen molar-refractivity contribution >= 4 is 10.0 Å². The van der Waals surface area contributed by atoms with E-state index in [9.17, 15) is 8.42 Å². The molecule has 0 aromatic heterocycles. The van der Waals surface area contributed by atoms with Gasteiger partial charge < -0.3 is 14.6 Å². The van der Waals surface area contributed by atoms with Gasteiger partial charge in [0, 0.05) is 12.7 Å². The van der Waals surface area contributed by atoms with E-state index in [1.807, 2.05) is 0 Å². The minimum Gasteiger partial charge on any atom is -0.497 e. The summed E-state index contributed by atoms with van der Waals surface area (Å²) in [6, 6.07) is 5.12. The summed E-state index contributed by atoms with van der Waals surface area (Å²) in [5.74, 6) is 1.15. The maximum Gasteiger partial charge on any atom is 0.212 e. The Morgan fingerprint density at radius 2 is 2.00 bits per heavy atom. The first kappa shape index (κ1) is 15.7. The minimum absolute atomic E-state index is 0.0913. The molecule has 6 nitrogen and oxygen atoms in total. The number of rotatable bonds is 7. The number of aliphatic hydroxyl groups excluding tert-OH is 1. The van der Waals surface area contributed by atoms with Crippen molar-refractivity contribution in [2.45, 2.75) is 18.1 Å². The Labute approximate surface area is 113 Å². The quantitative estimate of drug-likeness (QED) is 0.751. The molecule has 0 aliphatic heterocycles. The van der Waals surface area contributed by atoms with Gasteiger partial charge in [0.1, 0.15) is 11.5 Å². The summed E-state index contributed by atoms with van der Waals surface area (Å²) >= 11 is 0. The lowest BCUT2D eigenvalue weighted by atomic mass is 10.1. The first-order valence-corrected chi connectivity index (χ1v) is 7.36. The van der Waals surface area contributed by atoms with Crippen LogP contribution in [0.3, 0.4) is 0 Å². The second kappa shape index (κ2) is 6.74. The lowest BCUT2D eigenvalue weighted by Crippen LogP contribution is -2.31. The molecular weight excluding hydrogens is 270 g/mol. The molecule has 0 aliphatic rings. The number of benzene rings is 1. The van der Waals surface area contributed by atoms with Crippen molar-refractivity contribution in [3.05, 3.63) is 23.8 Å². The van der Waals surface area contributed by atoms with Crippen molar-refractivity contribution in [2.75, 3.05) is 20.8 Å². The van der Waals surface area contributed by atoms with Crippen LogP contribution in [-0.4, -0.2) is 39.6 Å². The third-order valence-electron chi connectivity index (χ3n) is 2.86. The van der Waals surface area contributed by atoms with Crippen LogP contribution in [0.2, 0.25) is 0 Å². The topological polar surface area (TPSA) is 98.9 Å². The molecule has 0 fully saturated rings. The Kier molecular flexibility index (Phi) is 5.59. The van der Waals surface area contributed by atoms with E-state index in [2.05, 4.69) is 0 Å². The molecule has 0 saturated carbocycles. The van der Waals surface area contributed by atoms with Gasteiger partial charge in [-0.2, -0.15) is 0 Å². The number of primary sulfonamides is 1. The molecule has 0 aliphatic carbocycles. The molecular formula is C12H19NO5S. The van der Waals surface area contributed by atoms with Gasteiger partial charge in [-0.25, -0.2) is 13.6 Å². The highest BCUT2D eigenvalue weighted by atomic mass is 32.2. The molecule has 0 bridgehead atoms. The molecule has 0 radical (unpaired) electrons. The van der Waals surface area contributed by atoms with E-state index in [0.29, 0.717) is 17.1 Å². The van der Waals surface area contributed by atoms with Crippen molar-refractivity contribution in [3.8, 4) is 11.5 Å². The third-order valence-corrected chi connectivity index (χ3v) is 4.19. The van der Waals surface area contributed by atoms with Crippen LogP contribution in [0.15, 0.2) is 18.2 Å². The number of hydrogen-bond acceptors (Lipinski definition) is 5. The van der Waals surface area contributed by atoms with Gasteiger partial charge in [0.05, 0.1) is 19.5 Å². The van der Waals surface area contributed by atoms with Gasteiger partial charge in [0.15, 0.2) is 0 Å². The van der Waals surface area contributed by atoms with Crippen LogP contribution < -0.4 is 14.6 Å². The van der Waals surface area contributed by atoms with Crippen molar-refractivity contribution in [3.63, 3.8) is 0 Å². The number of sulfonamides is 1. The fourth-order valence-electron chi connectivity index (χ4n) is 1.79. The van der Waals surface area contributed by atoms with Gasteiger partial charge in [0.2, 0.25) is 10.0 Å². The maximum atomic E-state index is 11.4. The standard InChI is InChI=1S/C12H19NO5S/c1-17-10-4-3-9(12(8-10)18-2)7-11(5-6-14)19(13,15)16/h3-4,8,11,14H,5-7H2,1-2H3,(H2,13,15,16). The summed E-state index contributed by atoms with van der Waals surface area (Å²) in [5.41, 5.74) is 0.704. The molecule has 0 saturated heterocycles. The first-order chi connectivity index (χ1) is 8.92. The van der Waals surface area contributed by atoms with Crippen LogP contribution in [0.5, 0.6) is 11.5 Å². The molecule has 1 unspecified atom stereocenters. The molecule has 0 spiro atoms. The zero-order valence-corrected chi connectivity index (χ0v) is 11.8. The molecule has 108 valence electrons. The summed E-state index contributed by atoms with van der Waals surface area (Å²) < 4.78 is 33.2. The van der Waals surface area contributed by atoms with Crippen LogP contribution in [0.4, 0.5) is 0 Å². The van der Waals surface area contributed by atoms with Crippen molar-refractivity contribution in [1.29, 1.82) is 0 Å². The highest BCUT2D eigenvalue weighted by Crippen LogP contribution is 2.27. The number of ether oxygens (including phenoxy) is 2. The maximum absolute atomic E-state index is 11.4. The summed E-state index contributed by atoms with van der Waals surface area (Å²) in [5, 5.41) is 13.2. The summed E-state index contributed by atoms with van der Waals surface area (Å²) in [4.78, 5) is 0. The highest BCUT2D eigenvalue weighted by molar-refractivity contribution is 7.89. The number of methoxy groups -OCH3 is 2. The Morgan fingerprint density at radius 3 is 2.47 bits per heavy atom. The van der Waals surface area contributed by atoms with Gasteiger partial charge in [-0.05, 0) is 24.5 Å². The van der Waals surface area contributed by atoms with E-state index in [4.69, 9.17) is 19.7 Å². The van der Waals surface area contributed by atoms with Crippen LogP contribution in [-0.2, 0) is 16.4 Å². The van der Waals surface area contributed by atoms with E-state index in [1.54, 1.807) is 18.2 Å². The van der Waals surface area contributed by atoms with Crippen molar-refractivity contribution in [2.24, 2.45) is 5.14 Å². The Hall–Kier alpha value is -1.31. The second-order valence-electron chi connectivity index (χ2n) is 4.11. The predicted molar refractivity (Wildman–Crippen MR) is 71.8 cm³/mol. The van der Waals surface area contributed by atoms with E-state index in [0.717, 1.165) is 0 Å². The minimum atomic E-state index is -3.71. The zero-order chi connectivity index (χ0) is 14.5. The fourth-order valence-corrected chi connectivity index (χ4v) is 2.64. The van der Waals surface area contributed by atoms with Crippen LogP contribution in [0.1, 0.15) is 12.0 Å². The SMILES string of the molecule is COc1ccc(CC(CCO)S(N)(=O)=O)c(OC)c1. The summed E-state index contributed by atoms with van der Waals surface area (Å²) in [6.07, 6.45) is 0.278. The third kappa shape index (κ3) is 4.38. The Morgan fingerprint density at radius 1 is 1.32 bits per heavy atom. The lowest BCUT2D eigenvalue weighted by Gasteiger charge is -2.16. The highest BCUT2D eigenvalue weighted by Gasteiger charge is 2.23. The van der Waals surface area contributed by atoms with Gasteiger partial charge in [-0.15, -0.1) is 0 Å². The van der Waals surface area contributed by atoms with E-state index in [-0.39, 0.29) is 19.4 Å². The largest absolute Gasteiger partial charge is 0.497 e. The average molecular weight is 289 g/mol. The van der Waals surface area contributed by atoms with Gasteiger partial charge in [-0.1, -0.05) is 6.07 Å². The summed E-state index contributed by atoms with van der Waals surface area (Å²) in [7, 11) is -0.681. The van der Waals surface area contributed by atoms with Crippen LogP contribution >= 0.6 is 0 Å². The second-order valence-corrected chi connectivity index (χ2v) is 5.95. The fraction of sp³-hybridized carbons (Fsp3) is 0.500.